The lowest BCUT2D eigenvalue weighted by Crippen LogP contribution is -2.04. The van der Waals surface area contributed by atoms with E-state index in [-0.39, 0.29) is 11.7 Å². The van der Waals surface area contributed by atoms with Crippen LogP contribution in [-0.4, -0.2) is 25.9 Å². The smallest absolute Gasteiger partial charge is 0.181 e. The van der Waals surface area contributed by atoms with Crippen LogP contribution in [0.4, 0.5) is 0 Å². The van der Waals surface area contributed by atoms with Crippen LogP contribution in [0.3, 0.4) is 0 Å². The highest BCUT2D eigenvalue weighted by Crippen LogP contribution is 2.28. The molecule has 0 saturated carbocycles. The maximum atomic E-state index is 11.5. The van der Waals surface area contributed by atoms with Gasteiger partial charge in [-0.3, -0.25) is 4.79 Å². The molecule has 0 saturated heterocycles. The van der Waals surface area contributed by atoms with Gasteiger partial charge in [0.05, 0.1) is 25.7 Å². The van der Waals surface area contributed by atoms with Crippen LogP contribution in [0, 0.1) is 6.92 Å². The highest BCUT2D eigenvalue weighted by molar-refractivity contribution is 6.30. The standard InChI is InChI=1S/C11H13ClO3/c1-7-4-11(15-3)8(9(13)6-12)5-10(7)14-2/h4-5H,6H2,1-3H3. The first kappa shape index (κ1) is 11.9. The van der Waals surface area contributed by atoms with E-state index in [4.69, 9.17) is 21.1 Å². The van der Waals surface area contributed by atoms with Gasteiger partial charge in [0.15, 0.2) is 5.78 Å². The van der Waals surface area contributed by atoms with Crippen molar-refractivity contribution in [3.05, 3.63) is 23.3 Å². The van der Waals surface area contributed by atoms with Crippen molar-refractivity contribution in [2.24, 2.45) is 0 Å². The van der Waals surface area contributed by atoms with E-state index in [1.165, 1.54) is 7.11 Å². The minimum absolute atomic E-state index is 0.0669. The number of carbonyl (C=O) groups excluding carboxylic acids is 1. The fourth-order valence-corrected chi connectivity index (χ4v) is 1.48. The van der Waals surface area contributed by atoms with Gasteiger partial charge in [-0.1, -0.05) is 0 Å². The van der Waals surface area contributed by atoms with Crippen molar-refractivity contribution in [1.82, 2.24) is 0 Å². The zero-order valence-electron chi connectivity index (χ0n) is 8.96. The number of hydrogen-bond acceptors (Lipinski definition) is 3. The molecule has 0 bridgehead atoms. The summed E-state index contributed by atoms with van der Waals surface area (Å²) in [6, 6.07) is 3.41. The second-order valence-corrected chi connectivity index (χ2v) is 3.35. The third kappa shape index (κ3) is 2.42. The molecular weight excluding hydrogens is 216 g/mol. The summed E-state index contributed by atoms with van der Waals surface area (Å²) in [6.45, 7) is 1.89. The molecule has 0 unspecified atom stereocenters. The van der Waals surface area contributed by atoms with Gasteiger partial charge in [-0.2, -0.15) is 0 Å². The number of hydrogen-bond donors (Lipinski definition) is 0. The Hall–Kier alpha value is -1.22. The Balaban J connectivity index is 3.28. The van der Waals surface area contributed by atoms with Crippen LogP contribution in [0.2, 0.25) is 0 Å². The molecule has 0 N–H and O–H groups in total. The summed E-state index contributed by atoms with van der Waals surface area (Å²) in [5.74, 6) is 0.942. The Morgan fingerprint density at radius 1 is 1.27 bits per heavy atom. The fraction of sp³-hybridized carbons (Fsp3) is 0.364. The number of halogens is 1. The zero-order valence-corrected chi connectivity index (χ0v) is 9.72. The maximum Gasteiger partial charge on any atom is 0.181 e. The van der Waals surface area contributed by atoms with Gasteiger partial charge in [0.25, 0.3) is 0 Å². The number of alkyl halides is 1. The third-order valence-corrected chi connectivity index (χ3v) is 2.38. The van der Waals surface area contributed by atoms with Crippen molar-refractivity contribution < 1.29 is 14.3 Å². The second-order valence-electron chi connectivity index (χ2n) is 3.08. The Bertz CT molecular complexity index is 374. The molecule has 0 aliphatic carbocycles. The Kier molecular flexibility index (Phi) is 3.97. The molecule has 1 aromatic rings. The number of aryl methyl sites for hydroxylation is 1. The van der Waals surface area contributed by atoms with Crippen LogP contribution in [0.1, 0.15) is 15.9 Å². The van der Waals surface area contributed by atoms with Crippen LogP contribution in [0.15, 0.2) is 12.1 Å². The van der Waals surface area contributed by atoms with E-state index in [9.17, 15) is 4.79 Å². The lowest BCUT2D eigenvalue weighted by molar-refractivity contribution is 0.101. The number of rotatable bonds is 4. The van der Waals surface area contributed by atoms with Gasteiger partial charge in [0, 0.05) is 0 Å². The van der Waals surface area contributed by atoms with Crippen LogP contribution in [0.5, 0.6) is 11.5 Å². The van der Waals surface area contributed by atoms with Crippen LogP contribution in [-0.2, 0) is 0 Å². The van der Waals surface area contributed by atoms with Gasteiger partial charge in [-0.05, 0) is 24.6 Å². The van der Waals surface area contributed by atoms with Crippen molar-refractivity contribution in [2.75, 3.05) is 20.1 Å². The van der Waals surface area contributed by atoms with Gasteiger partial charge >= 0.3 is 0 Å². The number of benzene rings is 1. The molecule has 0 fully saturated rings. The molecule has 0 aliphatic rings. The summed E-state index contributed by atoms with van der Waals surface area (Å²) in [4.78, 5) is 11.5. The zero-order chi connectivity index (χ0) is 11.4. The van der Waals surface area contributed by atoms with E-state index < -0.39 is 0 Å². The van der Waals surface area contributed by atoms with E-state index in [0.717, 1.165) is 5.56 Å². The maximum absolute atomic E-state index is 11.5. The summed E-state index contributed by atoms with van der Waals surface area (Å²) < 4.78 is 10.2. The first-order valence-electron chi connectivity index (χ1n) is 4.45. The van der Waals surface area contributed by atoms with Gasteiger partial charge in [0.1, 0.15) is 11.5 Å². The summed E-state index contributed by atoms with van der Waals surface area (Å²) >= 11 is 5.50. The topological polar surface area (TPSA) is 35.5 Å². The van der Waals surface area contributed by atoms with E-state index in [1.54, 1.807) is 19.2 Å². The molecule has 0 atom stereocenters. The summed E-state index contributed by atoms with van der Waals surface area (Å²) in [7, 11) is 3.08. The molecular formula is C11H13ClO3. The van der Waals surface area contributed by atoms with Crippen molar-refractivity contribution in [3.63, 3.8) is 0 Å². The highest BCUT2D eigenvalue weighted by atomic mass is 35.5. The van der Waals surface area contributed by atoms with Crippen LogP contribution >= 0.6 is 11.6 Å². The van der Waals surface area contributed by atoms with Crippen LogP contribution < -0.4 is 9.47 Å². The quantitative estimate of drug-likeness (QED) is 0.587. The van der Waals surface area contributed by atoms with E-state index in [2.05, 4.69) is 0 Å². The highest BCUT2D eigenvalue weighted by Gasteiger charge is 2.14. The van der Waals surface area contributed by atoms with Crippen molar-refractivity contribution in [2.45, 2.75) is 6.92 Å². The van der Waals surface area contributed by atoms with Crippen LogP contribution in [0.25, 0.3) is 0 Å². The molecule has 15 heavy (non-hydrogen) atoms. The molecule has 0 radical (unpaired) electrons. The van der Waals surface area contributed by atoms with Gasteiger partial charge in [-0.15, -0.1) is 11.6 Å². The molecule has 4 heteroatoms. The first-order valence-corrected chi connectivity index (χ1v) is 4.99. The molecule has 0 aromatic heterocycles. The molecule has 0 heterocycles. The van der Waals surface area contributed by atoms with E-state index in [0.29, 0.717) is 17.1 Å². The molecule has 1 rings (SSSR count). The monoisotopic (exact) mass is 228 g/mol. The first-order chi connectivity index (χ1) is 7.13. The van der Waals surface area contributed by atoms with Crippen molar-refractivity contribution in [3.8, 4) is 11.5 Å². The number of carbonyl (C=O) groups is 1. The lowest BCUT2D eigenvalue weighted by Gasteiger charge is -2.11. The summed E-state index contributed by atoms with van der Waals surface area (Å²) in [5.41, 5.74) is 1.37. The van der Waals surface area contributed by atoms with E-state index >= 15 is 0 Å². The predicted molar refractivity (Wildman–Crippen MR) is 59.3 cm³/mol. The molecule has 82 valence electrons. The SMILES string of the molecule is COc1cc(C(=O)CCl)c(OC)cc1C. The normalized spacial score (nSPS) is 9.87. The molecule has 1 aromatic carbocycles. The van der Waals surface area contributed by atoms with Gasteiger partial charge < -0.3 is 9.47 Å². The number of ether oxygens (including phenoxy) is 2. The van der Waals surface area contributed by atoms with Crippen molar-refractivity contribution in [1.29, 1.82) is 0 Å². The van der Waals surface area contributed by atoms with Gasteiger partial charge in [-0.25, -0.2) is 0 Å². The summed E-state index contributed by atoms with van der Waals surface area (Å²) in [5, 5.41) is 0. The number of Topliss-reactive ketones (excluding diaryl/α,β-unsaturated/α-hetero) is 1. The molecule has 0 amide bonds. The van der Waals surface area contributed by atoms with E-state index in [1.807, 2.05) is 6.92 Å². The Labute approximate surface area is 93.9 Å². The number of ketones is 1. The minimum Gasteiger partial charge on any atom is -0.496 e. The average molecular weight is 229 g/mol. The predicted octanol–water partition coefficient (Wildman–Crippen LogP) is 2.43. The molecule has 3 nitrogen and oxygen atoms in total. The third-order valence-electron chi connectivity index (χ3n) is 2.14. The van der Waals surface area contributed by atoms with Crippen molar-refractivity contribution >= 4 is 17.4 Å². The minimum atomic E-state index is -0.174. The second kappa shape index (κ2) is 5.03. The largest absolute Gasteiger partial charge is 0.496 e. The molecule has 0 spiro atoms. The van der Waals surface area contributed by atoms with Gasteiger partial charge in [0.2, 0.25) is 0 Å². The Morgan fingerprint density at radius 3 is 2.33 bits per heavy atom. The fourth-order valence-electron chi connectivity index (χ4n) is 1.34. The number of methoxy groups -OCH3 is 2. The summed E-state index contributed by atoms with van der Waals surface area (Å²) in [6.07, 6.45) is 0. The lowest BCUT2D eigenvalue weighted by atomic mass is 10.1. The average Bonchev–Trinajstić information content (AvgIpc) is 2.27. The Morgan fingerprint density at radius 2 is 1.87 bits per heavy atom. The molecule has 0 aliphatic heterocycles.